The molecular formula is C25H26FN3O. The molecule has 0 aliphatic carbocycles. The van der Waals surface area contributed by atoms with E-state index < -0.39 is 0 Å². The molecule has 2 aliphatic rings. The molecule has 1 fully saturated rings. The molecule has 2 aliphatic heterocycles. The smallest absolute Gasteiger partial charge is 0.231 e. The lowest BCUT2D eigenvalue weighted by Crippen LogP contribution is -2.47. The number of hydrogen-bond donors (Lipinski definition) is 0. The number of carbonyl (C=O) groups excluding carboxylic acids is 1. The topological polar surface area (TPSA) is 26.8 Å². The third-order valence-corrected chi connectivity index (χ3v) is 6.32. The van der Waals surface area contributed by atoms with Crippen molar-refractivity contribution in [2.75, 3.05) is 49.1 Å². The molecule has 5 heteroatoms. The Hall–Kier alpha value is -2.92. The van der Waals surface area contributed by atoms with Gasteiger partial charge in [-0.15, -0.1) is 0 Å². The Bertz CT molecular complexity index is 1050. The molecule has 30 heavy (non-hydrogen) atoms. The van der Waals surface area contributed by atoms with Crippen LogP contribution in [-0.2, 0) is 11.2 Å². The van der Waals surface area contributed by atoms with Crippen molar-refractivity contribution in [2.24, 2.45) is 0 Å². The summed E-state index contributed by atoms with van der Waals surface area (Å²) in [7, 11) is 0. The monoisotopic (exact) mass is 403 g/mol. The molecule has 154 valence electrons. The highest BCUT2D eigenvalue weighted by Gasteiger charge is 2.25. The van der Waals surface area contributed by atoms with Crippen molar-refractivity contribution in [3.63, 3.8) is 0 Å². The summed E-state index contributed by atoms with van der Waals surface area (Å²) in [6.45, 7) is 5.61. The quantitative estimate of drug-likeness (QED) is 0.642. The third-order valence-electron chi connectivity index (χ3n) is 6.32. The van der Waals surface area contributed by atoms with Crippen LogP contribution in [0.3, 0.4) is 0 Å². The van der Waals surface area contributed by atoms with Gasteiger partial charge in [0, 0.05) is 43.8 Å². The molecule has 0 saturated carbocycles. The fraction of sp³-hybridized carbons (Fsp3) is 0.320. The Balaban J connectivity index is 1.18. The lowest BCUT2D eigenvalue weighted by Gasteiger charge is -2.36. The maximum atomic E-state index is 13.1. The van der Waals surface area contributed by atoms with Crippen LogP contribution in [0.25, 0.3) is 10.8 Å². The predicted octanol–water partition coefficient (Wildman–Crippen LogP) is 4.08. The lowest BCUT2D eigenvalue weighted by atomic mass is 9.95. The molecule has 0 radical (unpaired) electrons. The van der Waals surface area contributed by atoms with Gasteiger partial charge in [-0.25, -0.2) is 4.39 Å². The van der Waals surface area contributed by atoms with Gasteiger partial charge in [-0.2, -0.15) is 0 Å². The van der Waals surface area contributed by atoms with E-state index in [9.17, 15) is 9.18 Å². The minimum Gasteiger partial charge on any atom is -0.369 e. The number of hydrogen-bond acceptors (Lipinski definition) is 3. The average molecular weight is 404 g/mol. The van der Waals surface area contributed by atoms with Gasteiger partial charge in [-0.05, 0) is 54.2 Å². The Morgan fingerprint density at radius 2 is 1.57 bits per heavy atom. The van der Waals surface area contributed by atoms with Gasteiger partial charge in [0.2, 0.25) is 5.91 Å². The van der Waals surface area contributed by atoms with Gasteiger partial charge in [-0.1, -0.05) is 30.3 Å². The van der Waals surface area contributed by atoms with Gasteiger partial charge in [-0.3, -0.25) is 9.69 Å². The second-order valence-electron chi connectivity index (χ2n) is 8.17. The van der Waals surface area contributed by atoms with Crippen LogP contribution in [0, 0.1) is 5.82 Å². The summed E-state index contributed by atoms with van der Waals surface area (Å²) in [6, 6.07) is 19.2. The highest BCUT2D eigenvalue weighted by Crippen LogP contribution is 2.34. The number of nitrogens with zero attached hydrogens (tertiary/aromatic N) is 3. The van der Waals surface area contributed by atoms with Gasteiger partial charge in [0.1, 0.15) is 5.82 Å². The first-order chi connectivity index (χ1) is 14.7. The molecule has 0 N–H and O–H groups in total. The Morgan fingerprint density at radius 3 is 2.33 bits per heavy atom. The first kappa shape index (κ1) is 19.1. The summed E-state index contributed by atoms with van der Waals surface area (Å²) in [5, 5.41) is 2.44. The summed E-state index contributed by atoms with van der Waals surface area (Å²) in [4.78, 5) is 19.5. The van der Waals surface area contributed by atoms with E-state index in [1.807, 2.05) is 29.2 Å². The van der Waals surface area contributed by atoms with E-state index in [1.165, 1.54) is 22.9 Å². The lowest BCUT2D eigenvalue weighted by molar-refractivity contribution is -0.118. The molecule has 3 aromatic rings. The number of benzene rings is 3. The van der Waals surface area contributed by atoms with Crippen LogP contribution in [0.2, 0.25) is 0 Å². The SMILES string of the molecule is O=C1Cc2cccc3cccc(c23)N1CCCN1CCN(c2ccc(F)cc2)CC1. The van der Waals surface area contributed by atoms with Crippen LogP contribution in [0.4, 0.5) is 15.8 Å². The Labute approximate surface area is 176 Å². The van der Waals surface area contributed by atoms with Gasteiger partial charge >= 0.3 is 0 Å². The van der Waals surface area contributed by atoms with Crippen molar-refractivity contribution in [2.45, 2.75) is 12.8 Å². The van der Waals surface area contributed by atoms with E-state index in [1.54, 1.807) is 0 Å². The van der Waals surface area contributed by atoms with Gasteiger partial charge < -0.3 is 9.80 Å². The zero-order valence-corrected chi connectivity index (χ0v) is 17.1. The summed E-state index contributed by atoms with van der Waals surface area (Å²) in [5.74, 6) is 0.00490. The number of rotatable bonds is 5. The molecule has 2 heterocycles. The second kappa shape index (κ2) is 8.07. The Kier molecular flexibility index (Phi) is 5.13. The molecule has 0 atom stereocenters. The molecule has 1 amide bonds. The molecule has 0 bridgehead atoms. The van der Waals surface area contributed by atoms with Gasteiger partial charge in [0.15, 0.2) is 0 Å². The number of carbonyl (C=O) groups is 1. The van der Waals surface area contributed by atoms with Crippen LogP contribution in [0.15, 0.2) is 60.7 Å². The normalized spacial score (nSPS) is 17.0. The van der Waals surface area contributed by atoms with E-state index >= 15 is 0 Å². The van der Waals surface area contributed by atoms with Gasteiger partial charge in [0.05, 0.1) is 12.1 Å². The minimum absolute atomic E-state index is 0.192. The summed E-state index contributed by atoms with van der Waals surface area (Å²) < 4.78 is 13.1. The fourth-order valence-electron chi connectivity index (χ4n) is 4.74. The van der Waals surface area contributed by atoms with Crippen LogP contribution in [0.5, 0.6) is 0 Å². The van der Waals surface area contributed by atoms with E-state index in [0.29, 0.717) is 6.42 Å². The van der Waals surface area contributed by atoms with Crippen LogP contribution in [0.1, 0.15) is 12.0 Å². The van der Waals surface area contributed by atoms with Crippen molar-refractivity contribution >= 4 is 28.1 Å². The number of halogens is 1. The van der Waals surface area contributed by atoms with Crippen LogP contribution < -0.4 is 9.80 Å². The predicted molar refractivity (Wildman–Crippen MR) is 120 cm³/mol. The average Bonchev–Trinajstić information content (AvgIpc) is 2.77. The number of amides is 1. The van der Waals surface area contributed by atoms with Gasteiger partial charge in [0.25, 0.3) is 0 Å². The molecule has 0 spiro atoms. The van der Waals surface area contributed by atoms with E-state index in [4.69, 9.17) is 0 Å². The summed E-state index contributed by atoms with van der Waals surface area (Å²) in [5.41, 5.74) is 3.28. The van der Waals surface area contributed by atoms with Crippen molar-refractivity contribution in [3.8, 4) is 0 Å². The molecule has 0 aromatic heterocycles. The fourth-order valence-corrected chi connectivity index (χ4v) is 4.74. The maximum Gasteiger partial charge on any atom is 0.231 e. The summed E-state index contributed by atoms with van der Waals surface area (Å²) >= 11 is 0. The third kappa shape index (κ3) is 3.65. The molecule has 4 nitrogen and oxygen atoms in total. The maximum absolute atomic E-state index is 13.1. The minimum atomic E-state index is -0.192. The zero-order chi connectivity index (χ0) is 20.5. The number of piperazine rings is 1. The molecule has 3 aromatic carbocycles. The first-order valence-electron chi connectivity index (χ1n) is 10.7. The highest BCUT2D eigenvalue weighted by atomic mass is 19.1. The number of anilines is 2. The molecule has 5 rings (SSSR count). The Morgan fingerprint density at radius 1 is 0.833 bits per heavy atom. The van der Waals surface area contributed by atoms with Crippen LogP contribution >= 0.6 is 0 Å². The van der Waals surface area contributed by atoms with E-state index in [0.717, 1.165) is 62.6 Å². The van der Waals surface area contributed by atoms with E-state index in [2.05, 4.69) is 34.1 Å². The highest BCUT2D eigenvalue weighted by molar-refractivity contribution is 6.10. The molecule has 1 saturated heterocycles. The van der Waals surface area contributed by atoms with Crippen LogP contribution in [-0.4, -0.2) is 50.1 Å². The summed E-state index contributed by atoms with van der Waals surface area (Å²) in [6.07, 6.45) is 1.45. The van der Waals surface area contributed by atoms with Crippen molar-refractivity contribution in [1.29, 1.82) is 0 Å². The van der Waals surface area contributed by atoms with Crippen molar-refractivity contribution in [3.05, 3.63) is 72.0 Å². The van der Waals surface area contributed by atoms with Crippen molar-refractivity contribution < 1.29 is 9.18 Å². The first-order valence-corrected chi connectivity index (χ1v) is 10.7. The van der Waals surface area contributed by atoms with E-state index in [-0.39, 0.29) is 11.7 Å². The van der Waals surface area contributed by atoms with Crippen molar-refractivity contribution in [1.82, 2.24) is 4.90 Å². The standard InChI is InChI=1S/C25H26FN3O/c26-21-8-10-22(11-9-21)28-16-14-27(15-17-28)12-3-13-29-23-7-2-5-19-4-1-6-20(25(19)23)18-24(29)30/h1-2,4-11H,3,12-18H2. The molecular weight excluding hydrogens is 377 g/mol. The largest absolute Gasteiger partial charge is 0.369 e. The zero-order valence-electron chi connectivity index (χ0n) is 17.1. The molecule has 0 unspecified atom stereocenters. The second-order valence-corrected chi connectivity index (χ2v) is 8.17.